The van der Waals surface area contributed by atoms with E-state index in [0.29, 0.717) is 17.9 Å². The molecule has 2 N–H and O–H groups in total. The molecule has 0 saturated heterocycles. The van der Waals surface area contributed by atoms with Gasteiger partial charge in [-0.15, -0.1) is 0 Å². The molecule has 1 aliphatic carbocycles. The smallest absolute Gasteiger partial charge is 0.225 e. The third-order valence-electron chi connectivity index (χ3n) is 5.90. The van der Waals surface area contributed by atoms with Crippen LogP contribution in [0.4, 0.5) is 17.5 Å². The molecule has 0 aliphatic heterocycles. The number of nitrogens with zero attached hydrogens (tertiary/aromatic N) is 2. The summed E-state index contributed by atoms with van der Waals surface area (Å²) in [5.41, 5.74) is 5.77. The third-order valence-corrected chi connectivity index (χ3v) is 5.90. The van der Waals surface area contributed by atoms with Gasteiger partial charge in [-0.2, -0.15) is 4.98 Å². The van der Waals surface area contributed by atoms with Gasteiger partial charge >= 0.3 is 0 Å². The Bertz CT molecular complexity index is 976. The summed E-state index contributed by atoms with van der Waals surface area (Å²) in [4.78, 5) is 9.63. The lowest BCUT2D eigenvalue weighted by atomic mass is 9.96. The van der Waals surface area contributed by atoms with Crippen LogP contribution >= 0.6 is 0 Å². The zero-order valence-corrected chi connectivity index (χ0v) is 18.3. The molecule has 4 rings (SSSR count). The summed E-state index contributed by atoms with van der Waals surface area (Å²) < 4.78 is 0. The van der Waals surface area contributed by atoms with Gasteiger partial charge in [-0.05, 0) is 48.9 Å². The van der Waals surface area contributed by atoms with Crippen molar-refractivity contribution in [2.24, 2.45) is 0 Å². The van der Waals surface area contributed by atoms with Crippen LogP contribution in [0.2, 0.25) is 0 Å². The highest BCUT2D eigenvalue weighted by molar-refractivity contribution is 5.67. The topological polar surface area (TPSA) is 49.8 Å². The molecule has 1 heterocycles. The van der Waals surface area contributed by atoms with Gasteiger partial charge in [0.1, 0.15) is 5.82 Å². The van der Waals surface area contributed by atoms with Crippen molar-refractivity contribution in [1.82, 2.24) is 9.97 Å². The van der Waals surface area contributed by atoms with Crippen LogP contribution in [0.1, 0.15) is 63.0 Å². The minimum Gasteiger partial charge on any atom is -0.351 e. The average Bonchev–Trinajstić information content (AvgIpc) is 2.75. The third kappa shape index (κ3) is 4.99. The molecule has 2 aromatic carbocycles. The number of nitrogens with one attached hydrogen (secondary N) is 2. The van der Waals surface area contributed by atoms with E-state index in [1.54, 1.807) is 0 Å². The number of anilines is 3. The van der Waals surface area contributed by atoms with Gasteiger partial charge in [-0.25, -0.2) is 4.98 Å². The van der Waals surface area contributed by atoms with E-state index in [9.17, 15) is 0 Å². The number of hydrogen-bond acceptors (Lipinski definition) is 4. The van der Waals surface area contributed by atoms with Crippen molar-refractivity contribution in [2.75, 3.05) is 10.6 Å². The van der Waals surface area contributed by atoms with Crippen LogP contribution in [0.5, 0.6) is 0 Å². The molecular weight excluding hydrogens is 368 g/mol. The van der Waals surface area contributed by atoms with Crippen molar-refractivity contribution in [2.45, 2.75) is 64.8 Å². The summed E-state index contributed by atoms with van der Waals surface area (Å²) in [6.45, 7) is 6.64. The standard InChI is InChI=1S/C26H32N4/c1-18(2)23-15-14-22(16-19(23)3)27-25-17-24(20-10-6-4-7-11-20)29-26(30-25)28-21-12-8-5-9-13-21/h4,6-7,10-11,14-18,21H,5,8-9,12-13H2,1-3H3,(H2,27,28,29,30). The number of hydrogen-bond donors (Lipinski definition) is 2. The molecule has 0 bridgehead atoms. The van der Waals surface area contributed by atoms with E-state index < -0.39 is 0 Å². The molecular formula is C26H32N4. The van der Waals surface area contributed by atoms with Gasteiger partial charge in [-0.3, -0.25) is 0 Å². The Hall–Kier alpha value is -2.88. The SMILES string of the molecule is Cc1cc(Nc2cc(-c3ccccc3)nc(NC3CCCCC3)n2)ccc1C(C)C. The lowest BCUT2D eigenvalue weighted by Crippen LogP contribution is -2.23. The van der Waals surface area contributed by atoms with Crippen LogP contribution in [-0.4, -0.2) is 16.0 Å². The fraction of sp³-hybridized carbons (Fsp3) is 0.385. The Labute approximate surface area is 180 Å². The molecule has 3 aromatic rings. The second-order valence-electron chi connectivity index (χ2n) is 8.66. The molecule has 156 valence electrons. The molecule has 0 atom stereocenters. The molecule has 0 spiro atoms. The minimum absolute atomic E-state index is 0.463. The molecule has 1 fully saturated rings. The maximum atomic E-state index is 4.83. The van der Waals surface area contributed by atoms with Crippen molar-refractivity contribution < 1.29 is 0 Å². The van der Waals surface area contributed by atoms with E-state index in [0.717, 1.165) is 22.8 Å². The second-order valence-corrected chi connectivity index (χ2v) is 8.66. The first-order chi connectivity index (χ1) is 14.6. The van der Waals surface area contributed by atoms with Gasteiger partial charge < -0.3 is 10.6 Å². The minimum atomic E-state index is 0.463. The number of aromatic nitrogens is 2. The fourth-order valence-corrected chi connectivity index (χ4v) is 4.31. The number of aryl methyl sites for hydroxylation is 1. The molecule has 0 amide bonds. The molecule has 1 aliphatic rings. The lowest BCUT2D eigenvalue weighted by Gasteiger charge is -2.23. The fourth-order valence-electron chi connectivity index (χ4n) is 4.31. The summed E-state index contributed by atoms with van der Waals surface area (Å²) in [5, 5.41) is 7.10. The van der Waals surface area contributed by atoms with E-state index in [1.807, 2.05) is 24.3 Å². The maximum absolute atomic E-state index is 4.83. The van der Waals surface area contributed by atoms with Crippen molar-refractivity contribution >= 4 is 17.5 Å². The summed E-state index contributed by atoms with van der Waals surface area (Å²) in [6, 6.07) is 19.4. The zero-order chi connectivity index (χ0) is 20.9. The van der Waals surface area contributed by atoms with Crippen molar-refractivity contribution in [3.8, 4) is 11.3 Å². The van der Waals surface area contributed by atoms with E-state index in [1.165, 1.54) is 43.2 Å². The highest BCUT2D eigenvalue weighted by Crippen LogP contribution is 2.28. The van der Waals surface area contributed by atoms with E-state index in [-0.39, 0.29) is 0 Å². The van der Waals surface area contributed by atoms with E-state index in [4.69, 9.17) is 9.97 Å². The summed E-state index contributed by atoms with van der Waals surface area (Å²) >= 11 is 0. The normalized spacial score (nSPS) is 14.7. The van der Waals surface area contributed by atoms with Crippen LogP contribution in [0.25, 0.3) is 11.3 Å². The zero-order valence-electron chi connectivity index (χ0n) is 18.3. The van der Waals surface area contributed by atoms with Gasteiger partial charge in [0.15, 0.2) is 0 Å². The highest BCUT2D eigenvalue weighted by Gasteiger charge is 2.16. The van der Waals surface area contributed by atoms with Gasteiger partial charge in [-0.1, -0.05) is 69.5 Å². The number of benzene rings is 2. The lowest BCUT2D eigenvalue weighted by molar-refractivity contribution is 0.461. The Morgan fingerprint density at radius 1 is 0.900 bits per heavy atom. The average molecular weight is 401 g/mol. The van der Waals surface area contributed by atoms with Crippen LogP contribution in [-0.2, 0) is 0 Å². The first kappa shape index (κ1) is 20.4. The first-order valence-corrected chi connectivity index (χ1v) is 11.2. The summed E-state index contributed by atoms with van der Waals surface area (Å²) in [5.74, 6) is 2.05. The number of rotatable bonds is 6. The first-order valence-electron chi connectivity index (χ1n) is 11.2. The maximum Gasteiger partial charge on any atom is 0.225 e. The van der Waals surface area contributed by atoms with Crippen LogP contribution in [0.3, 0.4) is 0 Å². The van der Waals surface area contributed by atoms with E-state index >= 15 is 0 Å². The monoisotopic (exact) mass is 400 g/mol. The van der Waals surface area contributed by atoms with Gasteiger partial charge in [0, 0.05) is 23.4 Å². The second kappa shape index (κ2) is 9.29. The predicted octanol–water partition coefficient (Wildman–Crippen LogP) is 7.06. The molecule has 0 radical (unpaired) electrons. The van der Waals surface area contributed by atoms with Gasteiger partial charge in [0.25, 0.3) is 0 Å². The summed E-state index contributed by atoms with van der Waals surface area (Å²) in [7, 11) is 0. The Morgan fingerprint density at radius 3 is 2.37 bits per heavy atom. The van der Waals surface area contributed by atoms with E-state index in [2.05, 4.69) is 61.7 Å². The quantitative estimate of drug-likeness (QED) is 0.465. The molecule has 4 nitrogen and oxygen atoms in total. The molecule has 4 heteroatoms. The van der Waals surface area contributed by atoms with Gasteiger partial charge in [0.05, 0.1) is 5.69 Å². The van der Waals surface area contributed by atoms with Crippen molar-refractivity contribution in [1.29, 1.82) is 0 Å². The van der Waals surface area contributed by atoms with Crippen LogP contribution < -0.4 is 10.6 Å². The molecule has 30 heavy (non-hydrogen) atoms. The molecule has 1 saturated carbocycles. The van der Waals surface area contributed by atoms with Crippen LogP contribution in [0.15, 0.2) is 54.6 Å². The largest absolute Gasteiger partial charge is 0.351 e. The predicted molar refractivity (Wildman–Crippen MR) is 127 cm³/mol. The van der Waals surface area contributed by atoms with Gasteiger partial charge in [0.2, 0.25) is 5.95 Å². The van der Waals surface area contributed by atoms with Crippen molar-refractivity contribution in [3.63, 3.8) is 0 Å². The Morgan fingerprint density at radius 2 is 1.67 bits per heavy atom. The molecule has 1 aromatic heterocycles. The van der Waals surface area contributed by atoms with Crippen molar-refractivity contribution in [3.05, 3.63) is 65.7 Å². The summed E-state index contributed by atoms with van der Waals surface area (Å²) in [6.07, 6.45) is 6.28. The molecule has 0 unspecified atom stereocenters. The van der Waals surface area contributed by atoms with Crippen LogP contribution in [0, 0.1) is 6.92 Å². The highest BCUT2D eigenvalue weighted by atomic mass is 15.2. The Kier molecular flexibility index (Phi) is 6.32. The Balaban J connectivity index is 1.64.